The summed E-state index contributed by atoms with van der Waals surface area (Å²) in [6.07, 6.45) is 12.7. The van der Waals surface area contributed by atoms with Gasteiger partial charge in [0.15, 0.2) is 51.8 Å². The number of anilines is 1. The molecule has 0 saturated heterocycles. The first kappa shape index (κ1) is 46.1. The van der Waals surface area contributed by atoms with E-state index in [9.17, 15) is 32.7 Å². The van der Waals surface area contributed by atoms with Gasteiger partial charge >= 0.3 is 0 Å². The Morgan fingerprint density at radius 2 is 1.11 bits per heavy atom. The number of ketones is 2. The van der Waals surface area contributed by atoms with Crippen LogP contribution in [0.15, 0.2) is 117 Å². The summed E-state index contributed by atoms with van der Waals surface area (Å²) in [6.45, 7) is 0. The molecule has 1 aliphatic rings. The highest BCUT2D eigenvalue weighted by Crippen LogP contribution is 2.29. The number of hydrogen-bond acceptors (Lipinski definition) is 10. The topological polar surface area (TPSA) is 172 Å². The van der Waals surface area contributed by atoms with Gasteiger partial charge < -0.3 is 24.5 Å². The standard InChI is InChI=1S/C15H10BrFN2O2.C14H8BrFN2O2.C8H6ClFO2.C7H4BrN2/c1-21-12-4-2-3-9(13(12)17)14(20)11-7-19-15-10(11)5-8(16)6-18-15;15-7-4-9-10(6-18-14(9)17-5-7)13(20)8-2-1-3-11(19)12(8)16;1-12-6-4-2-3-5(7(6)10)8(9)11;8-6-3-5-1-2-9-7(5)10-4-6/h2-7H,1H3,(H,18,19);1-6,19H,(H,17,18);2-4H,1H3;1,3-4H,(H,9,10)/q;;;+1. The molecular weight excluding hydrogens is 1040 g/mol. The number of aromatic hydroxyl groups is 1. The van der Waals surface area contributed by atoms with Gasteiger partial charge in [0, 0.05) is 61.7 Å². The minimum atomic E-state index is -0.921. The van der Waals surface area contributed by atoms with E-state index in [0.717, 1.165) is 24.8 Å². The van der Waals surface area contributed by atoms with Gasteiger partial charge in [0.2, 0.25) is 0 Å². The number of phenols is 1. The van der Waals surface area contributed by atoms with Crippen molar-refractivity contribution in [3.63, 3.8) is 0 Å². The third kappa shape index (κ3) is 10.6. The molecule has 9 rings (SSSR count). The lowest BCUT2D eigenvalue weighted by molar-refractivity contribution is 0.102. The van der Waals surface area contributed by atoms with Gasteiger partial charge in [-0.3, -0.25) is 14.4 Å². The van der Waals surface area contributed by atoms with Crippen molar-refractivity contribution in [2.75, 3.05) is 19.5 Å². The number of aromatic amines is 2. The molecule has 0 bridgehead atoms. The Hall–Kier alpha value is -6.43. The predicted molar refractivity (Wildman–Crippen MR) is 242 cm³/mol. The van der Waals surface area contributed by atoms with E-state index in [4.69, 9.17) is 16.3 Å². The lowest BCUT2D eigenvalue weighted by atomic mass is 10.0. The number of pyridine rings is 3. The van der Waals surface area contributed by atoms with Crippen molar-refractivity contribution in [3.8, 4) is 17.2 Å². The van der Waals surface area contributed by atoms with E-state index < -0.39 is 40.0 Å². The molecule has 0 atom stereocenters. The third-order valence-electron chi connectivity index (χ3n) is 8.83. The minimum Gasteiger partial charge on any atom is -0.505 e. The van der Waals surface area contributed by atoms with Crippen molar-refractivity contribution in [1.82, 2.24) is 24.9 Å². The lowest BCUT2D eigenvalue weighted by Crippen LogP contribution is -2.05. The van der Waals surface area contributed by atoms with E-state index in [1.165, 1.54) is 75.1 Å². The lowest BCUT2D eigenvalue weighted by Gasteiger charge is -2.06. The summed E-state index contributed by atoms with van der Waals surface area (Å²) in [5.74, 6) is -2.85. The number of carbonyl (C=O) groups excluding carboxylic acids is 3. The van der Waals surface area contributed by atoms with E-state index in [2.05, 4.69) is 89.0 Å². The number of rotatable bonds is 7. The molecule has 1 aliphatic heterocycles. The molecule has 0 amide bonds. The second-order valence-electron chi connectivity index (χ2n) is 12.7. The normalized spacial score (nSPS) is 10.8. The highest BCUT2D eigenvalue weighted by molar-refractivity contribution is 9.11. The number of H-pyrrole nitrogens is 2. The number of ether oxygens (including phenoxy) is 2. The number of aromatic nitrogens is 5. The Morgan fingerprint density at radius 3 is 1.63 bits per heavy atom. The molecule has 12 nitrogen and oxygen atoms in total. The maximum atomic E-state index is 14.2. The van der Waals surface area contributed by atoms with Crippen LogP contribution in [0.25, 0.3) is 28.1 Å². The van der Waals surface area contributed by atoms with Gasteiger partial charge in [0.25, 0.3) is 11.1 Å². The van der Waals surface area contributed by atoms with Crippen LogP contribution in [0.5, 0.6) is 17.2 Å². The van der Waals surface area contributed by atoms with Crippen molar-refractivity contribution in [1.29, 1.82) is 0 Å². The van der Waals surface area contributed by atoms with Gasteiger partial charge in [-0.2, -0.15) is 10.3 Å². The molecule has 5 aromatic heterocycles. The maximum Gasteiger partial charge on any atom is 0.293 e. The van der Waals surface area contributed by atoms with Crippen molar-refractivity contribution in [2.24, 2.45) is 0 Å². The number of fused-ring (bicyclic) bond motifs is 3. The molecule has 4 N–H and O–H groups in total. The molecule has 0 unspecified atom stereocenters. The molecule has 0 spiro atoms. The quantitative estimate of drug-likeness (QED) is 0.0684. The summed E-state index contributed by atoms with van der Waals surface area (Å²) in [7, 11) is 2.68. The van der Waals surface area contributed by atoms with E-state index in [-0.39, 0.29) is 28.2 Å². The summed E-state index contributed by atoms with van der Waals surface area (Å²) >= 11 is 15.0. The zero-order valence-corrected chi connectivity index (χ0v) is 37.9. The van der Waals surface area contributed by atoms with Gasteiger partial charge in [0.05, 0.1) is 41.6 Å². The Morgan fingerprint density at radius 1 is 0.651 bits per heavy atom. The second kappa shape index (κ2) is 20.6. The fourth-order valence-corrected chi connectivity index (χ4v) is 6.99. The highest BCUT2D eigenvalue weighted by atomic mass is 79.9. The molecule has 318 valence electrons. The average Bonchev–Trinajstić information content (AvgIpc) is 4.03. The average molecular weight is 1070 g/mol. The van der Waals surface area contributed by atoms with Crippen LogP contribution in [-0.2, 0) is 0 Å². The molecule has 8 aromatic rings. The number of nitrogens with zero attached hydrogens (tertiary/aromatic N) is 3. The van der Waals surface area contributed by atoms with Crippen LogP contribution in [0.2, 0.25) is 0 Å². The molecule has 0 radical (unpaired) electrons. The zero-order chi connectivity index (χ0) is 45.4. The van der Waals surface area contributed by atoms with Crippen molar-refractivity contribution in [2.45, 2.75) is 0 Å². The SMILES string of the molecule is Brc1cnc2c(c1)C=[C+]N2.COc1cccc(C(=O)Cl)c1F.COc1cccc(C(=O)c2c[nH]c3ncc(Br)cc23)c1F.O=C(c1cccc(O)c1F)c1c[nH]c2ncc(Br)cc12. The summed E-state index contributed by atoms with van der Waals surface area (Å²) in [6, 6.07) is 18.1. The largest absolute Gasteiger partial charge is 0.505 e. The summed E-state index contributed by atoms with van der Waals surface area (Å²) in [4.78, 5) is 53.7. The van der Waals surface area contributed by atoms with Gasteiger partial charge in [-0.25, -0.2) is 23.1 Å². The number of nitrogens with one attached hydrogen (secondary N) is 3. The van der Waals surface area contributed by atoms with E-state index in [1.54, 1.807) is 36.8 Å². The van der Waals surface area contributed by atoms with E-state index in [0.29, 0.717) is 33.2 Å². The fourth-order valence-electron chi connectivity index (χ4n) is 5.83. The Labute approximate surface area is 385 Å². The van der Waals surface area contributed by atoms with Crippen LogP contribution in [0.4, 0.5) is 19.0 Å². The number of methoxy groups -OCH3 is 2. The molecule has 0 fully saturated rings. The van der Waals surface area contributed by atoms with E-state index >= 15 is 0 Å². The van der Waals surface area contributed by atoms with Gasteiger partial charge in [0.1, 0.15) is 23.6 Å². The zero-order valence-electron chi connectivity index (χ0n) is 32.4. The van der Waals surface area contributed by atoms with E-state index in [1.807, 2.05) is 12.1 Å². The van der Waals surface area contributed by atoms with Gasteiger partial charge in [-0.1, -0.05) is 18.2 Å². The first-order chi connectivity index (χ1) is 30.2. The van der Waals surface area contributed by atoms with Crippen molar-refractivity contribution in [3.05, 3.63) is 174 Å². The summed E-state index contributed by atoms with van der Waals surface area (Å²) < 4.78 is 53.1. The number of hydrogen-bond donors (Lipinski definition) is 4. The van der Waals surface area contributed by atoms with Crippen LogP contribution < -0.4 is 14.8 Å². The number of halogens is 7. The maximum absolute atomic E-state index is 14.2. The number of benzene rings is 3. The van der Waals surface area contributed by atoms with Gasteiger partial charge in [-0.05, 0) is 108 Å². The van der Waals surface area contributed by atoms with Crippen molar-refractivity contribution >= 4 is 110 Å². The molecular formula is C44H28Br3ClF3N6O6+. The molecule has 6 heterocycles. The molecule has 0 saturated carbocycles. The summed E-state index contributed by atoms with van der Waals surface area (Å²) in [5.41, 5.74) is 2.48. The van der Waals surface area contributed by atoms with Crippen LogP contribution in [-0.4, -0.2) is 61.1 Å². The molecule has 63 heavy (non-hydrogen) atoms. The molecule has 3 aromatic carbocycles. The Bertz CT molecular complexity index is 3060. The first-order valence-electron chi connectivity index (χ1n) is 17.9. The highest BCUT2D eigenvalue weighted by Gasteiger charge is 2.22. The third-order valence-corrected chi connectivity index (χ3v) is 10.3. The number of carbonyl (C=O) groups is 3. The van der Waals surface area contributed by atoms with Gasteiger partial charge in [-0.15, -0.1) is 0 Å². The predicted octanol–water partition coefficient (Wildman–Crippen LogP) is 11.4. The van der Waals surface area contributed by atoms with Crippen LogP contribution >= 0.6 is 59.4 Å². The smallest absolute Gasteiger partial charge is 0.293 e. The fraction of sp³-hybridized carbons (Fsp3) is 0.0455. The second-order valence-corrected chi connectivity index (χ2v) is 15.8. The van der Waals surface area contributed by atoms with Crippen LogP contribution in [0.3, 0.4) is 0 Å². The first-order valence-corrected chi connectivity index (χ1v) is 20.6. The Balaban J connectivity index is 0.000000146. The van der Waals surface area contributed by atoms with Crippen LogP contribution in [0, 0.1) is 23.7 Å². The Kier molecular flexibility index (Phi) is 15.1. The molecule has 19 heteroatoms. The monoisotopic (exact) mass is 1060 g/mol. The minimum absolute atomic E-state index is 0.0153. The number of phenolic OH excluding ortho intramolecular Hbond substituents is 1. The summed E-state index contributed by atoms with van der Waals surface area (Å²) in [5, 5.41) is 12.6. The van der Waals surface area contributed by atoms with Crippen LogP contribution in [0.1, 0.15) is 47.8 Å². The molecule has 0 aliphatic carbocycles. The van der Waals surface area contributed by atoms with Crippen molar-refractivity contribution < 1.29 is 42.1 Å².